The standard InChI is InChI=1S/C22H15BrN4O2/c23-13-9-10-17-16(11-13)21(22(29)24-17)26-25-20(28)12-27-18-7-3-1-5-14(18)15-6-2-4-8-19(15)27/h1-11,24,29H,12H2. The van der Waals surface area contributed by atoms with Crippen LogP contribution in [0.3, 0.4) is 0 Å². The number of nitrogens with one attached hydrogen (secondary N) is 1. The van der Waals surface area contributed by atoms with Gasteiger partial charge in [0.2, 0.25) is 5.88 Å². The van der Waals surface area contributed by atoms with Crippen molar-refractivity contribution >= 4 is 60.2 Å². The lowest BCUT2D eigenvalue weighted by molar-refractivity contribution is -0.118. The molecule has 29 heavy (non-hydrogen) atoms. The zero-order valence-electron chi connectivity index (χ0n) is 15.1. The highest BCUT2D eigenvalue weighted by Gasteiger charge is 2.14. The van der Waals surface area contributed by atoms with Crippen LogP contribution in [-0.2, 0) is 11.3 Å². The Morgan fingerprint density at radius 1 is 0.966 bits per heavy atom. The second-order valence-corrected chi connectivity index (χ2v) is 7.64. The number of fused-ring (bicyclic) bond motifs is 4. The lowest BCUT2D eigenvalue weighted by Crippen LogP contribution is -2.06. The molecule has 0 aliphatic heterocycles. The minimum Gasteiger partial charge on any atom is -0.493 e. The van der Waals surface area contributed by atoms with Gasteiger partial charge >= 0.3 is 0 Å². The minimum atomic E-state index is -0.403. The third-order valence-corrected chi connectivity index (χ3v) is 5.44. The van der Waals surface area contributed by atoms with Crippen LogP contribution in [0.15, 0.2) is 81.4 Å². The zero-order valence-corrected chi connectivity index (χ0v) is 16.7. The van der Waals surface area contributed by atoms with Gasteiger partial charge in [0.15, 0.2) is 5.69 Å². The number of azo groups is 1. The highest BCUT2D eigenvalue weighted by molar-refractivity contribution is 9.10. The molecule has 5 aromatic rings. The van der Waals surface area contributed by atoms with Crippen molar-refractivity contribution in [3.8, 4) is 5.88 Å². The number of halogens is 1. The molecular weight excluding hydrogens is 432 g/mol. The molecule has 5 rings (SSSR count). The van der Waals surface area contributed by atoms with Gasteiger partial charge in [-0.05, 0) is 30.3 Å². The number of benzene rings is 3. The molecule has 0 bridgehead atoms. The molecule has 1 amide bonds. The first-order chi connectivity index (χ1) is 14.1. The Bertz CT molecular complexity index is 1380. The van der Waals surface area contributed by atoms with E-state index in [4.69, 9.17) is 0 Å². The van der Waals surface area contributed by atoms with E-state index in [1.165, 1.54) is 0 Å². The average molecular weight is 447 g/mol. The van der Waals surface area contributed by atoms with Gasteiger partial charge in [-0.2, -0.15) is 0 Å². The highest BCUT2D eigenvalue weighted by atomic mass is 79.9. The van der Waals surface area contributed by atoms with Crippen LogP contribution in [0.5, 0.6) is 5.88 Å². The highest BCUT2D eigenvalue weighted by Crippen LogP contribution is 2.37. The molecule has 3 aromatic carbocycles. The predicted octanol–water partition coefficient (Wildman–Crippen LogP) is 6.05. The van der Waals surface area contributed by atoms with Crippen molar-refractivity contribution in [2.45, 2.75) is 6.54 Å². The number of aromatic hydroxyl groups is 1. The van der Waals surface area contributed by atoms with Gasteiger partial charge in [-0.25, -0.2) is 0 Å². The first-order valence-electron chi connectivity index (χ1n) is 9.02. The van der Waals surface area contributed by atoms with E-state index in [0.29, 0.717) is 5.39 Å². The summed E-state index contributed by atoms with van der Waals surface area (Å²) < 4.78 is 2.79. The molecule has 0 saturated heterocycles. The van der Waals surface area contributed by atoms with E-state index in [-0.39, 0.29) is 18.1 Å². The normalized spacial score (nSPS) is 11.9. The summed E-state index contributed by atoms with van der Waals surface area (Å²) in [7, 11) is 0. The summed E-state index contributed by atoms with van der Waals surface area (Å²) in [6.07, 6.45) is 0. The number of rotatable bonds is 3. The van der Waals surface area contributed by atoms with Gasteiger partial charge in [0.05, 0.1) is 5.52 Å². The number of aromatic nitrogens is 2. The largest absolute Gasteiger partial charge is 0.493 e. The molecule has 7 heteroatoms. The van der Waals surface area contributed by atoms with Gasteiger partial charge in [-0.1, -0.05) is 52.3 Å². The Balaban J connectivity index is 1.52. The van der Waals surface area contributed by atoms with E-state index < -0.39 is 5.91 Å². The van der Waals surface area contributed by atoms with Crippen LogP contribution in [0.25, 0.3) is 32.7 Å². The minimum absolute atomic E-state index is 0.0599. The maximum absolute atomic E-state index is 12.6. The fourth-order valence-electron chi connectivity index (χ4n) is 3.68. The number of para-hydroxylation sites is 2. The van der Waals surface area contributed by atoms with E-state index in [0.717, 1.165) is 31.8 Å². The Labute approximate surface area is 173 Å². The van der Waals surface area contributed by atoms with Crippen molar-refractivity contribution in [2.75, 3.05) is 0 Å². The maximum Gasteiger partial charge on any atom is 0.284 e. The number of carbonyl (C=O) groups excluding carboxylic acids is 1. The molecule has 0 saturated carbocycles. The summed E-state index contributed by atoms with van der Waals surface area (Å²) in [6.45, 7) is 0.0599. The Hall–Kier alpha value is -3.45. The van der Waals surface area contributed by atoms with Crippen molar-refractivity contribution in [3.63, 3.8) is 0 Å². The molecule has 2 heterocycles. The summed E-state index contributed by atoms with van der Waals surface area (Å²) in [5, 5.41) is 20.9. The van der Waals surface area contributed by atoms with Gasteiger partial charge in [0.1, 0.15) is 6.54 Å². The monoisotopic (exact) mass is 446 g/mol. The number of carbonyl (C=O) groups is 1. The molecule has 0 radical (unpaired) electrons. The Kier molecular flexibility index (Phi) is 4.17. The number of hydrogen-bond acceptors (Lipinski definition) is 3. The van der Waals surface area contributed by atoms with Gasteiger partial charge < -0.3 is 14.7 Å². The van der Waals surface area contributed by atoms with Crippen molar-refractivity contribution in [1.29, 1.82) is 0 Å². The van der Waals surface area contributed by atoms with Crippen LogP contribution in [0, 0.1) is 0 Å². The van der Waals surface area contributed by atoms with E-state index in [2.05, 4.69) is 31.1 Å². The molecule has 0 fully saturated rings. The summed E-state index contributed by atoms with van der Waals surface area (Å²) in [5.74, 6) is -0.522. The van der Waals surface area contributed by atoms with Crippen molar-refractivity contribution in [3.05, 3.63) is 71.2 Å². The third-order valence-electron chi connectivity index (χ3n) is 4.95. The molecule has 6 nitrogen and oxygen atoms in total. The molecule has 0 unspecified atom stereocenters. The summed E-state index contributed by atoms with van der Waals surface area (Å²) in [5.41, 5.74) is 2.90. The summed E-state index contributed by atoms with van der Waals surface area (Å²) in [4.78, 5) is 15.5. The van der Waals surface area contributed by atoms with Crippen LogP contribution in [-0.4, -0.2) is 20.6 Å². The molecule has 2 N–H and O–H groups in total. The van der Waals surface area contributed by atoms with Crippen molar-refractivity contribution < 1.29 is 9.90 Å². The maximum atomic E-state index is 12.6. The van der Waals surface area contributed by atoms with Gasteiger partial charge in [0.25, 0.3) is 5.91 Å². The predicted molar refractivity (Wildman–Crippen MR) is 117 cm³/mol. The lowest BCUT2D eigenvalue weighted by atomic mass is 10.2. The lowest BCUT2D eigenvalue weighted by Gasteiger charge is -2.03. The third kappa shape index (κ3) is 3.00. The quantitative estimate of drug-likeness (QED) is 0.330. The second-order valence-electron chi connectivity index (χ2n) is 6.73. The number of nitrogens with zero attached hydrogens (tertiary/aromatic N) is 3. The molecule has 142 valence electrons. The summed E-state index contributed by atoms with van der Waals surface area (Å²) >= 11 is 3.40. The zero-order chi connectivity index (χ0) is 20.0. The van der Waals surface area contributed by atoms with Crippen molar-refractivity contribution in [2.24, 2.45) is 10.2 Å². The topological polar surface area (TPSA) is 82.7 Å². The average Bonchev–Trinajstić information content (AvgIpc) is 3.21. The van der Waals surface area contributed by atoms with Crippen LogP contribution in [0.4, 0.5) is 5.69 Å². The number of hydrogen-bond donors (Lipinski definition) is 2. The fourth-order valence-corrected chi connectivity index (χ4v) is 4.04. The SMILES string of the molecule is O=C(Cn1c2ccccc2c2ccccc21)N=Nc1c(O)[nH]c2ccc(Br)cc12. The van der Waals surface area contributed by atoms with Gasteiger partial charge in [-0.3, -0.25) is 4.79 Å². The van der Waals surface area contributed by atoms with Crippen LogP contribution < -0.4 is 0 Å². The molecule has 0 atom stereocenters. The number of aromatic amines is 1. The first-order valence-corrected chi connectivity index (χ1v) is 9.82. The number of amides is 1. The van der Waals surface area contributed by atoms with Gasteiger partial charge in [0, 0.05) is 31.7 Å². The van der Waals surface area contributed by atoms with E-state index in [9.17, 15) is 9.90 Å². The van der Waals surface area contributed by atoms with Crippen LogP contribution in [0.1, 0.15) is 0 Å². The van der Waals surface area contributed by atoms with Crippen molar-refractivity contribution in [1.82, 2.24) is 9.55 Å². The second kappa shape index (κ2) is 6.86. The van der Waals surface area contributed by atoms with Gasteiger partial charge in [-0.15, -0.1) is 10.2 Å². The van der Waals surface area contributed by atoms with Crippen LogP contribution in [0.2, 0.25) is 0 Å². The van der Waals surface area contributed by atoms with E-state index in [1.54, 1.807) is 0 Å². The Morgan fingerprint density at radius 2 is 1.62 bits per heavy atom. The first kappa shape index (κ1) is 17.6. The molecule has 0 aliphatic rings. The molecule has 0 spiro atoms. The van der Waals surface area contributed by atoms with Crippen LogP contribution >= 0.6 is 15.9 Å². The summed E-state index contributed by atoms with van der Waals surface area (Å²) in [6, 6.07) is 21.4. The molecule has 2 aromatic heterocycles. The smallest absolute Gasteiger partial charge is 0.284 e. The number of H-pyrrole nitrogens is 1. The Morgan fingerprint density at radius 3 is 2.31 bits per heavy atom. The van der Waals surface area contributed by atoms with E-state index >= 15 is 0 Å². The molecular formula is C22H15BrN4O2. The molecule has 0 aliphatic carbocycles. The fraction of sp³-hybridized carbons (Fsp3) is 0.0455. The van der Waals surface area contributed by atoms with E-state index in [1.807, 2.05) is 71.3 Å².